The Hall–Kier alpha value is -3.59. The van der Waals surface area contributed by atoms with E-state index in [2.05, 4.69) is 10.9 Å². The molecule has 0 radical (unpaired) electrons. The van der Waals surface area contributed by atoms with E-state index in [1.165, 1.54) is 23.9 Å². The van der Waals surface area contributed by atoms with Crippen molar-refractivity contribution in [2.24, 2.45) is 0 Å². The summed E-state index contributed by atoms with van der Waals surface area (Å²) < 4.78 is 1.98. The Bertz CT molecular complexity index is 1110. The third-order valence-electron chi connectivity index (χ3n) is 4.72. The molecule has 0 aliphatic rings. The number of carbonyl (C=O) groups is 2. The molecule has 2 amide bonds. The molecule has 0 fully saturated rings. The quantitative estimate of drug-likeness (QED) is 0.344. The number of hydrazine groups is 1. The average molecular weight is 439 g/mol. The maximum absolute atomic E-state index is 12.6. The SMILES string of the molecule is Cc1cc(C(=O)NNC(=O)C(C)Sc2ccc([N+](=O)[O-])cc2)c(C)n1-c1ccccc1. The van der Waals surface area contributed by atoms with Crippen LogP contribution in [0.15, 0.2) is 65.6 Å². The van der Waals surface area contributed by atoms with Crippen LogP contribution in [0, 0.1) is 24.0 Å². The second-order valence-electron chi connectivity index (χ2n) is 6.91. The van der Waals surface area contributed by atoms with Crippen LogP contribution < -0.4 is 10.9 Å². The Morgan fingerprint density at radius 1 is 1.03 bits per heavy atom. The van der Waals surface area contributed by atoms with Gasteiger partial charge in [0, 0.05) is 34.1 Å². The summed E-state index contributed by atoms with van der Waals surface area (Å²) in [6.07, 6.45) is 0. The molecule has 0 saturated heterocycles. The molecule has 8 nitrogen and oxygen atoms in total. The number of amides is 2. The zero-order valence-corrected chi connectivity index (χ0v) is 18.1. The van der Waals surface area contributed by atoms with E-state index in [9.17, 15) is 19.7 Å². The molecule has 160 valence electrons. The van der Waals surface area contributed by atoms with E-state index in [0.717, 1.165) is 17.1 Å². The highest BCUT2D eigenvalue weighted by Crippen LogP contribution is 2.25. The molecular formula is C22H22N4O4S. The largest absolute Gasteiger partial charge is 0.318 e. The second kappa shape index (κ2) is 9.48. The maximum Gasteiger partial charge on any atom is 0.271 e. The fourth-order valence-electron chi connectivity index (χ4n) is 3.16. The van der Waals surface area contributed by atoms with Crippen LogP contribution in [0.2, 0.25) is 0 Å². The number of aromatic nitrogens is 1. The number of benzene rings is 2. The lowest BCUT2D eigenvalue weighted by Gasteiger charge is -2.13. The zero-order chi connectivity index (χ0) is 22.5. The van der Waals surface area contributed by atoms with Gasteiger partial charge in [-0.15, -0.1) is 11.8 Å². The molecule has 31 heavy (non-hydrogen) atoms. The molecule has 2 N–H and O–H groups in total. The summed E-state index contributed by atoms with van der Waals surface area (Å²) in [6, 6.07) is 17.4. The van der Waals surface area contributed by atoms with Gasteiger partial charge in [0.15, 0.2) is 0 Å². The highest BCUT2D eigenvalue weighted by molar-refractivity contribution is 8.00. The van der Waals surface area contributed by atoms with Gasteiger partial charge in [0.2, 0.25) is 0 Å². The minimum absolute atomic E-state index is 0.0122. The number of rotatable bonds is 6. The van der Waals surface area contributed by atoms with E-state index in [4.69, 9.17) is 0 Å². The van der Waals surface area contributed by atoms with E-state index in [-0.39, 0.29) is 11.6 Å². The number of para-hydroxylation sites is 1. The number of hydrogen-bond donors (Lipinski definition) is 2. The van der Waals surface area contributed by atoms with E-state index in [0.29, 0.717) is 10.5 Å². The standard InChI is InChI=1S/C22H22N4O4S/c1-14-13-20(15(2)25(14)17-7-5-4-6-8-17)22(28)24-23-21(27)16(3)31-19-11-9-18(10-12-19)26(29)30/h4-13,16H,1-3H3,(H,23,27)(H,24,28). The Morgan fingerprint density at radius 3 is 2.29 bits per heavy atom. The van der Waals surface area contributed by atoms with Crippen LogP contribution >= 0.6 is 11.8 Å². The monoisotopic (exact) mass is 438 g/mol. The van der Waals surface area contributed by atoms with Crippen LogP contribution in [-0.4, -0.2) is 26.6 Å². The lowest BCUT2D eigenvalue weighted by molar-refractivity contribution is -0.384. The van der Waals surface area contributed by atoms with E-state index in [1.54, 1.807) is 25.1 Å². The van der Waals surface area contributed by atoms with Gasteiger partial charge in [-0.1, -0.05) is 18.2 Å². The molecule has 1 aromatic heterocycles. The zero-order valence-electron chi connectivity index (χ0n) is 17.3. The topological polar surface area (TPSA) is 106 Å². The number of nitro groups is 1. The highest BCUT2D eigenvalue weighted by Gasteiger charge is 2.19. The number of nitrogens with zero attached hydrogens (tertiary/aromatic N) is 2. The minimum atomic E-state index is -0.515. The number of nitro benzene ring substituents is 1. The van der Waals surface area contributed by atoms with Crippen molar-refractivity contribution in [1.29, 1.82) is 0 Å². The molecule has 0 aliphatic heterocycles. The van der Waals surface area contributed by atoms with Gasteiger partial charge in [-0.3, -0.25) is 30.6 Å². The predicted octanol–water partition coefficient (Wildman–Crippen LogP) is 3.94. The third kappa shape index (κ3) is 5.13. The summed E-state index contributed by atoms with van der Waals surface area (Å²) in [4.78, 5) is 36.0. The van der Waals surface area contributed by atoms with Crippen LogP contribution in [0.1, 0.15) is 28.7 Å². The molecule has 1 heterocycles. The molecule has 9 heteroatoms. The summed E-state index contributed by atoms with van der Waals surface area (Å²) in [5, 5.41) is 10.2. The van der Waals surface area contributed by atoms with Crippen LogP contribution in [0.3, 0.4) is 0 Å². The first-order chi connectivity index (χ1) is 14.8. The van der Waals surface area contributed by atoms with Gasteiger partial charge in [0.25, 0.3) is 17.5 Å². The van der Waals surface area contributed by atoms with E-state index in [1.807, 2.05) is 48.7 Å². The molecule has 1 unspecified atom stereocenters. The lowest BCUT2D eigenvalue weighted by Crippen LogP contribution is -2.45. The molecular weight excluding hydrogens is 416 g/mol. The summed E-state index contributed by atoms with van der Waals surface area (Å²) in [5.41, 5.74) is 8.00. The summed E-state index contributed by atoms with van der Waals surface area (Å²) in [7, 11) is 0. The van der Waals surface area contributed by atoms with Crippen molar-refractivity contribution in [3.05, 3.63) is 87.7 Å². The Kier molecular flexibility index (Phi) is 6.76. The highest BCUT2D eigenvalue weighted by atomic mass is 32.2. The van der Waals surface area contributed by atoms with Crippen molar-refractivity contribution in [3.8, 4) is 5.69 Å². The normalized spacial score (nSPS) is 11.6. The van der Waals surface area contributed by atoms with Crippen molar-refractivity contribution >= 4 is 29.3 Å². The smallest absolute Gasteiger partial charge is 0.271 e. The minimum Gasteiger partial charge on any atom is -0.318 e. The van der Waals surface area contributed by atoms with Crippen molar-refractivity contribution in [2.45, 2.75) is 30.9 Å². The molecule has 0 aliphatic carbocycles. The third-order valence-corrected chi connectivity index (χ3v) is 5.83. The molecule has 3 aromatic rings. The summed E-state index contributed by atoms with van der Waals surface area (Å²) in [6.45, 7) is 5.46. The molecule has 0 spiro atoms. The van der Waals surface area contributed by atoms with Crippen molar-refractivity contribution in [2.75, 3.05) is 0 Å². The van der Waals surface area contributed by atoms with Gasteiger partial charge in [-0.25, -0.2) is 0 Å². The average Bonchev–Trinajstić information content (AvgIpc) is 3.06. The Morgan fingerprint density at radius 2 is 1.68 bits per heavy atom. The van der Waals surface area contributed by atoms with Gasteiger partial charge < -0.3 is 4.57 Å². The van der Waals surface area contributed by atoms with Gasteiger partial charge in [0.1, 0.15) is 0 Å². The van der Waals surface area contributed by atoms with Crippen LogP contribution in [0.5, 0.6) is 0 Å². The van der Waals surface area contributed by atoms with Crippen molar-refractivity contribution in [3.63, 3.8) is 0 Å². The van der Waals surface area contributed by atoms with E-state index < -0.39 is 16.1 Å². The molecule has 1 atom stereocenters. The van der Waals surface area contributed by atoms with Crippen LogP contribution in [-0.2, 0) is 4.79 Å². The fraction of sp³-hybridized carbons (Fsp3) is 0.182. The predicted molar refractivity (Wildman–Crippen MR) is 119 cm³/mol. The van der Waals surface area contributed by atoms with Crippen molar-refractivity contribution < 1.29 is 14.5 Å². The summed E-state index contributed by atoms with van der Waals surface area (Å²) >= 11 is 1.24. The number of non-ortho nitro benzene ring substituents is 1. The molecule has 3 rings (SSSR count). The molecule has 0 saturated carbocycles. The van der Waals surface area contributed by atoms with E-state index >= 15 is 0 Å². The van der Waals surface area contributed by atoms with Gasteiger partial charge in [-0.05, 0) is 51.1 Å². The number of carbonyl (C=O) groups excluding carboxylic acids is 2. The first-order valence-electron chi connectivity index (χ1n) is 9.53. The Labute approximate surface area is 183 Å². The molecule has 2 aromatic carbocycles. The lowest BCUT2D eigenvalue weighted by atomic mass is 10.2. The number of hydrogen-bond acceptors (Lipinski definition) is 5. The molecule has 0 bridgehead atoms. The van der Waals surface area contributed by atoms with Crippen LogP contribution in [0.25, 0.3) is 5.69 Å². The second-order valence-corrected chi connectivity index (χ2v) is 8.32. The number of aryl methyl sites for hydroxylation is 1. The van der Waals surface area contributed by atoms with Gasteiger partial charge in [0.05, 0.1) is 15.7 Å². The van der Waals surface area contributed by atoms with Crippen LogP contribution in [0.4, 0.5) is 5.69 Å². The maximum atomic E-state index is 12.6. The van der Waals surface area contributed by atoms with Crippen molar-refractivity contribution in [1.82, 2.24) is 15.4 Å². The number of thioether (sulfide) groups is 1. The van der Waals surface area contributed by atoms with Gasteiger partial charge >= 0.3 is 0 Å². The Balaban J connectivity index is 1.61. The summed E-state index contributed by atoms with van der Waals surface area (Å²) in [5.74, 6) is -0.787. The van der Waals surface area contributed by atoms with Gasteiger partial charge in [-0.2, -0.15) is 0 Å². The number of nitrogens with one attached hydrogen (secondary N) is 2. The first kappa shape index (κ1) is 22.1. The fourth-order valence-corrected chi connectivity index (χ4v) is 4.03. The first-order valence-corrected chi connectivity index (χ1v) is 10.4.